The van der Waals surface area contributed by atoms with Crippen molar-refractivity contribution in [1.82, 2.24) is 15.4 Å². The number of H-pyrrole nitrogens is 1. The molecule has 1 heterocycles. The zero-order valence-electron chi connectivity index (χ0n) is 6.53. The van der Waals surface area contributed by atoms with Gasteiger partial charge in [0.2, 0.25) is 0 Å². The predicted octanol–water partition coefficient (Wildman–Crippen LogP) is -0.827. The number of nitrogens with one attached hydrogen (secondary N) is 2. The van der Waals surface area contributed by atoms with E-state index in [2.05, 4.69) is 15.4 Å². The molecule has 0 fully saturated rings. The molecule has 1 rings (SSSR count). The molecule has 0 saturated carbocycles. The Hall–Kier alpha value is -1.40. The number of aromatic nitrogens is 2. The van der Waals surface area contributed by atoms with E-state index in [1.54, 1.807) is 0 Å². The zero-order valence-corrected chi connectivity index (χ0v) is 6.53. The lowest BCUT2D eigenvalue weighted by molar-refractivity contribution is -0.145. The Morgan fingerprint density at radius 1 is 1.92 bits per heavy atom. The summed E-state index contributed by atoms with van der Waals surface area (Å²) < 4.78 is 0. The first-order valence-electron chi connectivity index (χ1n) is 3.32. The van der Waals surface area contributed by atoms with Gasteiger partial charge in [-0.25, -0.2) is 15.2 Å². The SMILES string of the molecule is CC(NN)(C(=O)O)c1ncc[nH]1. The largest absolute Gasteiger partial charge is 0.479 e. The number of carbonyl (C=O) groups is 1. The summed E-state index contributed by atoms with van der Waals surface area (Å²) in [6.07, 6.45) is 3.00. The van der Waals surface area contributed by atoms with Crippen LogP contribution in [-0.4, -0.2) is 21.0 Å². The van der Waals surface area contributed by atoms with Gasteiger partial charge in [0, 0.05) is 12.4 Å². The highest BCUT2D eigenvalue weighted by molar-refractivity contribution is 5.78. The fraction of sp³-hybridized carbons (Fsp3) is 0.333. The summed E-state index contributed by atoms with van der Waals surface area (Å²) in [6.45, 7) is 1.42. The Morgan fingerprint density at radius 3 is 2.92 bits per heavy atom. The van der Waals surface area contributed by atoms with Crippen molar-refractivity contribution in [2.24, 2.45) is 5.84 Å². The number of hydrazine groups is 1. The molecule has 0 radical (unpaired) electrons. The minimum absolute atomic E-state index is 0.275. The van der Waals surface area contributed by atoms with E-state index in [0.29, 0.717) is 0 Å². The summed E-state index contributed by atoms with van der Waals surface area (Å²) in [4.78, 5) is 17.2. The standard InChI is InChI=1S/C6H10N4O2/c1-6(10-7,5(11)12)4-8-2-3-9-4/h2-3,10H,7H2,1H3,(H,8,9)(H,11,12). The van der Waals surface area contributed by atoms with Gasteiger partial charge in [0.1, 0.15) is 5.82 Å². The number of rotatable bonds is 3. The second-order valence-electron chi connectivity index (χ2n) is 2.51. The third-order valence-corrected chi connectivity index (χ3v) is 1.69. The minimum Gasteiger partial charge on any atom is -0.479 e. The van der Waals surface area contributed by atoms with E-state index in [1.165, 1.54) is 19.3 Å². The molecule has 1 atom stereocenters. The molecule has 12 heavy (non-hydrogen) atoms. The zero-order chi connectivity index (χ0) is 9.19. The third kappa shape index (κ3) is 1.17. The van der Waals surface area contributed by atoms with E-state index in [0.717, 1.165) is 0 Å². The van der Waals surface area contributed by atoms with Gasteiger partial charge >= 0.3 is 5.97 Å². The van der Waals surface area contributed by atoms with Crippen molar-refractivity contribution in [1.29, 1.82) is 0 Å². The fourth-order valence-corrected chi connectivity index (χ4v) is 0.770. The Kier molecular flexibility index (Phi) is 2.11. The summed E-state index contributed by atoms with van der Waals surface area (Å²) in [5.74, 6) is 4.30. The third-order valence-electron chi connectivity index (χ3n) is 1.69. The van der Waals surface area contributed by atoms with Gasteiger partial charge in [0.15, 0.2) is 5.54 Å². The Labute approximate surface area is 68.8 Å². The maximum absolute atomic E-state index is 10.7. The lowest BCUT2D eigenvalue weighted by Gasteiger charge is -2.20. The lowest BCUT2D eigenvalue weighted by atomic mass is 10.0. The molecule has 0 aliphatic heterocycles. The normalized spacial score (nSPS) is 15.5. The first kappa shape index (κ1) is 8.69. The van der Waals surface area contributed by atoms with E-state index in [-0.39, 0.29) is 5.82 Å². The number of imidazole rings is 1. The summed E-state index contributed by atoms with van der Waals surface area (Å²) in [5, 5.41) is 8.80. The van der Waals surface area contributed by atoms with Crippen LogP contribution in [0.4, 0.5) is 0 Å². The van der Waals surface area contributed by atoms with Crippen LogP contribution >= 0.6 is 0 Å². The lowest BCUT2D eigenvalue weighted by Crippen LogP contribution is -2.51. The average Bonchev–Trinajstić information content (AvgIpc) is 2.54. The minimum atomic E-state index is -1.36. The molecule has 0 aliphatic rings. The first-order chi connectivity index (χ1) is 5.61. The van der Waals surface area contributed by atoms with Crippen molar-refractivity contribution in [3.05, 3.63) is 18.2 Å². The van der Waals surface area contributed by atoms with E-state index < -0.39 is 11.5 Å². The van der Waals surface area contributed by atoms with Crippen LogP contribution in [0.1, 0.15) is 12.7 Å². The molecule has 0 aromatic carbocycles. The quantitative estimate of drug-likeness (QED) is 0.350. The average molecular weight is 170 g/mol. The van der Waals surface area contributed by atoms with Crippen molar-refractivity contribution in [2.45, 2.75) is 12.5 Å². The number of aliphatic carboxylic acids is 1. The second kappa shape index (κ2) is 2.92. The molecule has 6 nitrogen and oxygen atoms in total. The number of carboxylic acid groups (broad SMARTS) is 1. The molecule has 66 valence electrons. The van der Waals surface area contributed by atoms with Gasteiger partial charge in [-0.2, -0.15) is 0 Å². The van der Waals surface area contributed by atoms with Crippen LogP contribution in [-0.2, 0) is 10.3 Å². The molecular weight excluding hydrogens is 160 g/mol. The van der Waals surface area contributed by atoms with Crippen LogP contribution in [0.15, 0.2) is 12.4 Å². The molecule has 0 bridgehead atoms. The van der Waals surface area contributed by atoms with E-state index in [9.17, 15) is 4.79 Å². The van der Waals surface area contributed by atoms with E-state index in [1.807, 2.05) is 0 Å². The Bertz CT molecular complexity index is 271. The molecule has 0 spiro atoms. The highest BCUT2D eigenvalue weighted by Crippen LogP contribution is 2.14. The summed E-state index contributed by atoms with van der Waals surface area (Å²) in [6, 6.07) is 0. The van der Waals surface area contributed by atoms with Crippen molar-refractivity contribution in [3.63, 3.8) is 0 Å². The molecule has 1 unspecified atom stereocenters. The van der Waals surface area contributed by atoms with E-state index in [4.69, 9.17) is 10.9 Å². The summed E-state index contributed by atoms with van der Waals surface area (Å²) in [7, 11) is 0. The Morgan fingerprint density at radius 2 is 2.58 bits per heavy atom. The smallest absolute Gasteiger partial charge is 0.332 e. The van der Waals surface area contributed by atoms with Crippen molar-refractivity contribution < 1.29 is 9.90 Å². The molecule has 1 aromatic heterocycles. The number of hydrogen-bond acceptors (Lipinski definition) is 4. The van der Waals surface area contributed by atoms with Crippen LogP contribution in [0.5, 0.6) is 0 Å². The highest BCUT2D eigenvalue weighted by Gasteiger charge is 2.36. The number of nitrogens with two attached hydrogens (primary N) is 1. The van der Waals surface area contributed by atoms with Crippen LogP contribution in [0.2, 0.25) is 0 Å². The number of hydrogen-bond donors (Lipinski definition) is 4. The van der Waals surface area contributed by atoms with Crippen LogP contribution in [0, 0.1) is 0 Å². The number of carboxylic acids is 1. The van der Waals surface area contributed by atoms with Gasteiger partial charge in [-0.3, -0.25) is 5.84 Å². The topological polar surface area (TPSA) is 104 Å². The monoisotopic (exact) mass is 170 g/mol. The first-order valence-corrected chi connectivity index (χ1v) is 3.32. The number of nitrogens with zero attached hydrogens (tertiary/aromatic N) is 1. The van der Waals surface area contributed by atoms with Crippen LogP contribution in [0.3, 0.4) is 0 Å². The molecule has 0 aliphatic carbocycles. The fourth-order valence-electron chi connectivity index (χ4n) is 0.770. The molecule has 6 heteroatoms. The van der Waals surface area contributed by atoms with Gasteiger partial charge in [-0.05, 0) is 6.92 Å². The summed E-state index contributed by atoms with van der Waals surface area (Å²) >= 11 is 0. The van der Waals surface area contributed by atoms with Gasteiger partial charge in [0.25, 0.3) is 0 Å². The van der Waals surface area contributed by atoms with E-state index >= 15 is 0 Å². The molecule has 0 saturated heterocycles. The number of aromatic amines is 1. The van der Waals surface area contributed by atoms with Crippen LogP contribution in [0.25, 0.3) is 0 Å². The maximum atomic E-state index is 10.7. The predicted molar refractivity (Wildman–Crippen MR) is 40.9 cm³/mol. The molecule has 5 N–H and O–H groups in total. The van der Waals surface area contributed by atoms with Crippen LogP contribution < -0.4 is 11.3 Å². The van der Waals surface area contributed by atoms with Crippen molar-refractivity contribution in [2.75, 3.05) is 0 Å². The van der Waals surface area contributed by atoms with Gasteiger partial charge < -0.3 is 10.1 Å². The Balaban J connectivity index is 3.04. The summed E-state index contributed by atoms with van der Waals surface area (Å²) in [5.41, 5.74) is 0.829. The highest BCUT2D eigenvalue weighted by atomic mass is 16.4. The van der Waals surface area contributed by atoms with Gasteiger partial charge in [0.05, 0.1) is 0 Å². The van der Waals surface area contributed by atoms with Gasteiger partial charge in [-0.15, -0.1) is 0 Å². The van der Waals surface area contributed by atoms with Crippen molar-refractivity contribution in [3.8, 4) is 0 Å². The molecular formula is C6H10N4O2. The van der Waals surface area contributed by atoms with Gasteiger partial charge in [-0.1, -0.05) is 0 Å². The maximum Gasteiger partial charge on any atom is 0.332 e. The van der Waals surface area contributed by atoms with Crippen molar-refractivity contribution >= 4 is 5.97 Å². The molecule has 1 aromatic rings. The molecule has 0 amide bonds. The second-order valence-corrected chi connectivity index (χ2v) is 2.51.